The maximum atomic E-state index is 11.1. The number of benzene rings is 1. The number of nitrogen functional groups attached to an aromatic ring is 1. The SMILES string of the molecule is CC.CC(C)c1ccc(C(=O)NN)cc1. The van der Waals surface area contributed by atoms with Crippen LogP contribution in [0.4, 0.5) is 0 Å². The normalized spacial score (nSPS) is 9.20. The number of carbonyl (C=O) groups is 1. The minimum absolute atomic E-state index is 0.254. The van der Waals surface area contributed by atoms with E-state index in [4.69, 9.17) is 5.84 Å². The molecule has 0 saturated carbocycles. The molecule has 1 rings (SSSR count). The van der Waals surface area contributed by atoms with Crippen LogP contribution < -0.4 is 11.3 Å². The zero-order valence-electron chi connectivity index (χ0n) is 9.87. The van der Waals surface area contributed by atoms with E-state index in [1.54, 1.807) is 12.1 Å². The molecule has 1 aromatic rings. The molecule has 0 spiro atoms. The Morgan fingerprint density at radius 2 is 1.67 bits per heavy atom. The number of rotatable bonds is 2. The topological polar surface area (TPSA) is 55.1 Å². The van der Waals surface area contributed by atoms with Gasteiger partial charge in [0.05, 0.1) is 0 Å². The Kier molecular flexibility index (Phi) is 6.38. The number of nitrogens with one attached hydrogen (secondary N) is 1. The molecule has 0 aliphatic rings. The predicted molar refractivity (Wildman–Crippen MR) is 63.5 cm³/mol. The van der Waals surface area contributed by atoms with E-state index in [1.807, 2.05) is 26.0 Å². The molecular weight excluding hydrogens is 188 g/mol. The van der Waals surface area contributed by atoms with Gasteiger partial charge >= 0.3 is 0 Å². The summed E-state index contributed by atoms with van der Waals surface area (Å²) in [5.74, 6) is 5.23. The number of amides is 1. The first kappa shape index (κ1) is 13.7. The molecule has 0 aromatic heterocycles. The van der Waals surface area contributed by atoms with Crippen LogP contribution in [-0.2, 0) is 0 Å². The highest BCUT2D eigenvalue weighted by Gasteiger charge is 2.03. The highest BCUT2D eigenvalue weighted by Crippen LogP contribution is 2.14. The molecule has 0 saturated heterocycles. The standard InChI is InChI=1S/C10H14N2O.C2H6/c1-7(2)8-3-5-9(6-4-8)10(13)12-11;1-2/h3-7H,11H2,1-2H3,(H,12,13);1-2H3. The van der Waals surface area contributed by atoms with Crippen molar-refractivity contribution in [1.29, 1.82) is 0 Å². The summed E-state index contributed by atoms with van der Waals surface area (Å²) in [6.07, 6.45) is 0. The Hall–Kier alpha value is -1.35. The fourth-order valence-corrected chi connectivity index (χ4v) is 1.10. The molecule has 0 aliphatic heterocycles. The fourth-order valence-electron chi connectivity index (χ4n) is 1.10. The van der Waals surface area contributed by atoms with Crippen molar-refractivity contribution in [2.24, 2.45) is 5.84 Å². The Morgan fingerprint density at radius 1 is 1.20 bits per heavy atom. The fraction of sp³-hybridized carbons (Fsp3) is 0.417. The molecule has 0 bridgehead atoms. The smallest absolute Gasteiger partial charge is 0.265 e. The van der Waals surface area contributed by atoms with Crippen LogP contribution in [0.3, 0.4) is 0 Å². The first-order valence-corrected chi connectivity index (χ1v) is 5.26. The Balaban J connectivity index is 0.000000921. The van der Waals surface area contributed by atoms with Gasteiger partial charge in [-0.3, -0.25) is 10.2 Å². The number of hydrogen-bond acceptors (Lipinski definition) is 2. The third-order valence-electron chi connectivity index (χ3n) is 1.97. The molecule has 3 N–H and O–H groups in total. The molecule has 0 radical (unpaired) electrons. The summed E-state index contributed by atoms with van der Waals surface area (Å²) in [4.78, 5) is 11.1. The minimum atomic E-state index is -0.254. The van der Waals surface area contributed by atoms with Crippen LogP contribution in [0.25, 0.3) is 0 Å². The second-order valence-electron chi connectivity index (χ2n) is 3.25. The van der Waals surface area contributed by atoms with E-state index in [9.17, 15) is 4.79 Å². The maximum absolute atomic E-state index is 11.1. The summed E-state index contributed by atoms with van der Waals surface area (Å²) >= 11 is 0. The second kappa shape index (κ2) is 7.01. The van der Waals surface area contributed by atoms with Crippen molar-refractivity contribution in [2.75, 3.05) is 0 Å². The third-order valence-corrected chi connectivity index (χ3v) is 1.97. The van der Waals surface area contributed by atoms with Crippen LogP contribution in [0.2, 0.25) is 0 Å². The molecule has 0 fully saturated rings. The second-order valence-corrected chi connectivity index (χ2v) is 3.25. The van der Waals surface area contributed by atoms with Gasteiger partial charge in [0.1, 0.15) is 0 Å². The molecule has 1 aromatic carbocycles. The molecular formula is C12H20N2O. The van der Waals surface area contributed by atoms with Crippen molar-refractivity contribution in [1.82, 2.24) is 5.43 Å². The number of carbonyl (C=O) groups excluding carboxylic acids is 1. The van der Waals surface area contributed by atoms with E-state index < -0.39 is 0 Å². The van der Waals surface area contributed by atoms with Gasteiger partial charge in [0.2, 0.25) is 0 Å². The predicted octanol–water partition coefficient (Wildman–Crippen LogP) is 2.44. The first-order valence-electron chi connectivity index (χ1n) is 5.26. The summed E-state index contributed by atoms with van der Waals surface area (Å²) in [5, 5.41) is 0. The molecule has 15 heavy (non-hydrogen) atoms. The molecule has 84 valence electrons. The van der Waals surface area contributed by atoms with Crippen molar-refractivity contribution in [2.45, 2.75) is 33.6 Å². The quantitative estimate of drug-likeness (QED) is 0.445. The Morgan fingerprint density at radius 3 is 2.00 bits per heavy atom. The van der Waals surface area contributed by atoms with Gasteiger partial charge in [-0.2, -0.15) is 0 Å². The highest BCUT2D eigenvalue weighted by molar-refractivity contribution is 5.93. The van der Waals surface area contributed by atoms with Gasteiger partial charge in [0.15, 0.2) is 0 Å². The summed E-state index contributed by atoms with van der Waals surface area (Å²) in [6, 6.07) is 7.43. The van der Waals surface area contributed by atoms with Crippen LogP contribution in [0.15, 0.2) is 24.3 Å². The lowest BCUT2D eigenvalue weighted by Gasteiger charge is -2.05. The monoisotopic (exact) mass is 208 g/mol. The van der Waals surface area contributed by atoms with Crippen LogP contribution in [0.1, 0.15) is 49.5 Å². The molecule has 0 unspecified atom stereocenters. The number of hydrazine groups is 1. The average Bonchev–Trinajstić information content (AvgIpc) is 2.31. The zero-order chi connectivity index (χ0) is 11.8. The lowest BCUT2D eigenvalue weighted by atomic mass is 10.0. The lowest BCUT2D eigenvalue weighted by molar-refractivity contribution is 0.0953. The number of hydrogen-bond donors (Lipinski definition) is 2. The molecule has 0 heterocycles. The minimum Gasteiger partial charge on any atom is -0.290 e. The van der Waals surface area contributed by atoms with Gasteiger partial charge in [-0.15, -0.1) is 0 Å². The van der Waals surface area contributed by atoms with Crippen molar-refractivity contribution >= 4 is 5.91 Å². The van der Waals surface area contributed by atoms with Crippen LogP contribution >= 0.6 is 0 Å². The largest absolute Gasteiger partial charge is 0.290 e. The van der Waals surface area contributed by atoms with Gasteiger partial charge in [-0.05, 0) is 23.6 Å². The zero-order valence-corrected chi connectivity index (χ0v) is 9.87. The van der Waals surface area contributed by atoms with E-state index in [0.29, 0.717) is 11.5 Å². The van der Waals surface area contributed by atoms with Gasteiger partial charge in [-0.1, -0.05) is 39.8 Å². The summed E-state index contributed by atoms with van der Waals surface area (Å²) in [7, 11) is 0. The molecule has 0 atom stereocenters. The van der Waals surface area contributed by atoms with E-state index in [-0.39, 0.29) is 5.91 Å². The molecule has 0 aliphatic carbocycles. The molecule has 1 amide bonds. The number of nitrogens with two attached hydrogens (primary N) is 1. The van der Waals surface area contributed by atoms with Crippen molar-refractivity contribution < 1.29 is 4.79 Å². The first-order chi connectivity index (χ1) is 7.15. The third kappa shape index (κ3) is 4.13. The van der Waals surface area contributed by atoms with Crippen molar-refractivity contribution in [3.05, 3.63) is 35.4 Å². The van der Waals surface area contributed by atoms with E-state index in [2.05, 4.69) is 19.3 Å². The van der Waals surface area contributed by atoms with Gasteiger partial charge < -0.3 is 0 Å². The molecule has 3 nitrogen and oxygen atoms in total. The Bertz CT molecular complexity index is 291. The maximum Gasteiger partial charge on any atom is 0.265 e. The lowest BCUT2D eigenvalue weighted by Crippen LogP contribution is -2.29. The highest BCUT2D eigenvalue weighted by atomic mass is 16.2. The van der Waals surface area contributed by atoms with E-state index in [0.717, 1.165) is 0 Å². The average molecular weight is 208 g/mol. The van der Waals surface area contributed by atoms with Crippen molar-refractivity contribution in [3.63, 3.8) is 0 Å². The van der Waals surface area contributed by atoms with Crippen molar-refractivity contribution in [3.8, 4) is 0 Å². The summed E-state index contributed by atoms with van der Waals surface area (Å²) < 4.78 is 0. The Labute approximate surface area is 91.6 Å². The molecule has 3 heteroatoms. The van der Waals surface area contributed by atoms with Gasteiger partial charge in [0.25, 0.3) is 5.91 Å². The van der Waals surface area contributed by atoms with Crippen LogP contribution in [0.5, 0.6) is 0 Å². The van der Waals surface area contributed by atoms with E-state index >= 15 is 0 Å². The van der Waals surface area contributed by atoms with Crippen LogP contribution in [-0.4, -0.2) is 5.91 Å². The van der Waals surface area contributed by atoms with Gasteiger partial charge in [0, 0.05) is 5.56 Å². The summed E-state index contributed by atoms with van der Waals surface area (Å²) in [6.45, 7) is 8.22. The summed E-state index contributed by atoms with van der Waals surface area (Å²) in [5.41, 5.74) is 3.90. The van der Waals surface area contributed by atoms with E-state index in [1.165, 1.54) is 5.56 Å². The van der Waals surface area contributed by atoms with Gasteiger partial charge in [-0.25, -0.2) is 5.84 Å². The van der Waals surface area contributed by atoms with Crippen LogP contribution in [0, 0.1) is 0 Å².